The zero-order valence-corrected chi connectivity index (χ0v) is 11.2. The third kappa shape index (κ3) is 3.16. The second kappa shape index (κ2) is 5.37. The quantitative estimate of drug-likeness (QED) is 0.911. The van der Waals surface area contributed by atoms with Crippen LogP contribution in [-0.2, 0) is 25.8 Å². The van der Waals surface area contributed by atoms with E-state index in [1.165, 1.54) is 23.3 Å². The minimum Gasteiger partial charge on any atom is -0.366 e. The predicted octanol–water partition coefficient (Wildman–Crippen LogP) is 3.32. The molecule has 1 aromatic carbocycles. The van der Waals surface area contributed by atoms with Crippen LogP contribution in [0.5, 0.6) is 0 Å². The molecule has 0 unspecified atom stereocenters. The lowest BCUT2D eigenvalue weighted by Gasteiger charge is -2.10. The Hall–Kier alpha value is -2.08. The lowest BCUT2D eigenvalue weighted by molar-refractivity contribution is -0.141. The number of halogens is 3. The van der Waals surface area contributed by atoms with Gasteiger partial charge in [0.25, 0.3) is 0 Å². The first-order valence-electron chi connectivity index (χ1n) is 6.62. The van der Waals surface area contributed by atoms with Gasteiger partial charge in [0.2, 0.25) is 0 Å². The molecule has 0 radical (unpaired) electrons. The van der Waals surface area contributed by atoms with E-state index in [9.17, 15) is 13.2 Å². The average molecular weight is 293 g/mol. The van der Waals surface area contributed by atoms with Crippen LogP contribution in [0, 0.1) is 0 Å². The van der Waals surface area contributed by atoms with Gasteiger partial charge >= 0.3 is 6.18 Å². The van der Waals surface area contributed by atoms with Crippen molar-refractivity contribution < 1.29 is 13.2 Å². The first-order chi connectivity index (χ1) is 10.0. The molecule has 2 N–H and O–H groups in total. The van der Waals surface area contributed by atoms with Gasteiger partial charge in [0.15, 0.2) is 0 Å². The Morgan fingerprint density at radius 1 is 1.10 bits per heavy atom. The van der Waals surface area contributed by atoms with Gasteiger partial charge in [0.1, 0.15) is 11.5 Å². The Balaban J connectivity index is 1.70. The Kier molecular flexibility index (Phi) is 3.55. The van der Waals surface area contributed by atoms with Crippen molar-refractivity contribution in [3.63, 3.8) is 0 Å². The summed E-state index contributed by atoms with van der Waals surface area (Å²) in [6.07, 6.45) is -4.42. The number of anilines is 1. The highest BCUT2D eigenvalue weighted by Gasteiger charge is 2.32. The number of nitrogens with one attached hydrogen (secondary N) is 2. The number of pyridine rings is 1. The van der Waals surface area contributed by atoms with E-state index in [0.29, 0.717) is 6.54 Å². The van der Waals surface area contributed by atoms with Gasteiger partial charge in [-0.05, 0) is 28.8 Å². The fourth-order valence-corrected chi connectivity index (χ4v) is 2.34. The fraction of sp³-hybridized carbons (Fsp3) is 0.267. The summed E-state index contributed by atoms with van der Waals surface area (Å²) in [5, 5.41) is 6.19. The van der Waals surface area contributed by atoms with Crippen molar-refractivity contribution in [2.24, 2.45) is 0 Å². The third-order valence-electron chi connectivity index (χ3n) is 3.41. The molecular weight excluding hydrogens is 279 g/mol. The normalized spacial score (nSPS) is 14.0. The van der Waals surface area contributed by atoms with E-state index in [-0.39, 0.29) is 5.82 Å². The standard InChI is InChI=1S/C15H14F3N3/c16-15(17,18)13-2-1-3-14(21-13)20-7-10-4-5-11-8-19-9-12(11)6-10/h1-6,19H,7-9H2,(H,20,21). The average Bonchev–Trinajstić information content (AvgIpc) is 2.92. The molecule has 21 heavy (non-hydrogen) atoms. The number of nitrogens with zero attached hydrogens (tertiary/aromatic N) is 1. The minimum absolute atomic E-state index is 0.225. The molecule has 0 saturated carbocycles. The Morgan fingerprint density at radius 3 is 2.71 bits per heavy atom. The molecule has 2 heterocycles. The molecule has 0 fully saturated rings. The summed E-state index contributed by atoms with van der Waals surface area (Å²) in [7, 11) is 0. The van der Waals surface area contributed by atoms with Crippen molar-refractivity contribution in [3.05, 3.63) is 58.8 Å². The van der Waals surface area contributed by atoms with Gasteiger partial charge in [-0.15, -0.1) is 0 Å². The summed E-state index contributed by atoms with van der Waals surface area (Å²) in [6.45, 7) is 2.16. The first kappa shape index (κ1) is 13.9. The summed E-state index contributed by atoms with van der Waals surface area (Å²) in [4.78, 5) is 3.58. The molecule has 3 rings (SSSR count). The highest BCUT2D eigenvalue weighted by atomic mass is 19.4. The van der Waals surface area contributed by atoms with Crippen molar-refractivity contribution in [3.8, 4) is 0 Å². The topological polar surface area (TPSA) is 37.0 Å². The van der Waals surface area contributed by atoms with E-state index in [1.54, 1.807) is 0 Å². The summed E-state index contributed by atoms with van der Waals surface area (Å²) < 4.78 is 37.8. The van der Waals surface area contributed by atoms with Gasteiger partial charge in [0.05, 0.1) is 0 Å². The number of alkyl halides is 3. The van der Waals surface area contributed by atoms with E-state index >= 15 is 0 Å². The molecule has 0 spiro atoms. The number of aromatic nitrogens is 1. The number of fused-ring (bicyclic) bond motifs is 1. The molecule has 0 bridgehead atoms. The second-order valence-corrected chi connectivity index (χ2v) is 4.97. The molecule has 0 atom stereocenters. The number of hydrogen-bond donors (Lipinski definition) is 2. The predicted molar refractivity (Wildman–Crippen MR) is 73.6 cm³/mol. The SMILES string of the molecule is FC(F)(F)c1cccc(NCc2ccc3c(c2)CNC3)n1. The van der Waals surface area contributed by atoms with Gasteiger partial charge in [-0.25, -0.2) is 4.98 Å². The maximum Gasteiger partial charge on any atom is 0.433 e. The summed E-state index contributed by atoms with van der Waals surface area (Å²) >= 11 is 0. The van der Waals surface area contributed by atoms with Gasteiger partial charge in [-0.2, -0.15) is 13.2 Å². The minimum atomic E-state index is -4.42. The molecule has 1 aromatic heterocycles. The van der Waals surface area contributed by atoms with Crippen LogP contribution >= 0.6 is 0 Å². The first-order valence-corrected chi connectivity index (χ1v) is 6.62. The molecule has 110 valence electrons. The maximum absolute atomic E-state index is 12.6. The van der Waals surface area contributed by atoms with Crippen LogP contribution in [0.1, 0.15) is 22.4 Å². The number of rotatable bonds is 3. The number of hydrogen-bond acceptors (Lipinski definition) is 3. The van der Waals surface area contributed by atoms with Crippen LogP contribution in [0.4, 0.5) is 19.0 Å². The van der Waals surface area contributed by atoms with Crippen molar-refractivity contribution in [1.82, 2.24) is 10.3 Å². The van der Waals surface area contributed by atoms with Crippen LogP contribution in [0.2, 0.25) is 0 Å². The summed E-state index contributed by atoms with van der Waals surface area (Å²) in [5.74, 6) is 0.225. The maximum atomic E-state index is 12.6. The van der Waals surface area contributed by atoms with Crippen LogP contribution in [0.15, 0.2) is 36.4 Å². The molecule has 0 saturated heterocycles. The number of benzene rings is 1. The fourth-order valence-electron chi connectivity index (χ4n) is 2.34. The van der Waals surface area contributed by atoms with E-state index in [1.807, 2.05) is 12.1 Å². The molecule has 6 heteroatoms. The monoisotopic (exact) mass is 293 g/mol. The van der Waals surface area contributed by atoms with E-state index < -0.39 is 11.9 Å². The highest BCUT2D eigenvalue weighted by Crippen LogP contribution is 2.28. The Morgan fingerprint density at radius 2 is 1.90 bits per heavy atom. The molecule has 0 amide bonds. The van der Waals surface area contributed by atoms with Crippen molar-refractivity contribution >= 4 is 5.82 Å². The zero-order valence-electron chi connectivity index (χ0n) is 11.2. The largest absolute Gasteiger partial charge is 0.433 e. The molecule has 3 nitrogen and oxygen atoms in total. The van der Waals surface area contributed by atoms with E-state index in [0.717, 1.165) is 24.7 Å². The van der Waals surface area contributed by atoms with Gasteiger partial charge in [-0.1, -0.05) is 24.3 Å². The highest BCUT2D eigenvalue weighted by molar-refractivity contribution is 5.39. The van der Waals surface area contributed by atoms with Gasteiger partial charge < -0.3 is 10.6 Å². The molecule has 0 aliphatic carbocycles. The van der Waals surface area contributed by atoms with Crippen molar-refractivity contribution in [2.45, 2.75) is 25.8 Å². The molecule has 1 aliphatic heterocycles. The zero-order chi connectivity index (χ0) is 14.9. The van der Waals surface area contributed by atoms with Crippen molar-refractivity contribution in [2.75, 3.05) is 5.32 Å². The Bertz CT molecular complexity index is 653. The molecule has 1 aliphatic rings. The Labute approximate surface area is 120 Å². The van der Waals surface area contributed by atoms with E-state index in [2.05, 4.69) is 21.7 Å². The summed E-state index contributed by atoms with van der Waals surface area (Å²) in [6, 6.07) is 9.94. The van der Waals surface area contributed by atoms with E-state index in [4.69, 9.17) is 0 Å². The lowest BCUT2D eigenvalue weighted by Crippen LogP contribution is -2.10. The molecule has 2 aromatic rings. The van der Waals surface area contributed by atoms with Crippen molar-refractivity contribution in [1.29, 1.82) is 0 Å². The van der Waals surface area contributed by atoms with Crippen LogP contribution < -0.4 is 10.6 Å². The smallest absolute Gasteiger partial charge is 0.366 e. The second-order valence-electron chi connectivity index (χ2n) is 4.97. The van der Waals surface area contributed by atoms with Crippen LogP contribution in [0.3, 0.4) is 0 Å². The van der Waals surface area contributed by atoms with Gasteiger partial charge in [-0.3, -0.25) is 0 Å². The molecular formula is C15H14F3N3. The third-order valence-corrected chi connectivity index (χ3v) is 3.41. The van der Waals surface area contributed by atoms with Gasteiger partial charge in [0, 0.05) is 19.6 Å². The lowest BCUT2D eigenvalue weighted by atomic mass is 10.1. The summed E-state index contributed by atoms with van der Waals surface area (Å²) in [5.41, 5.74) is 2.66. The van der Waals surface area contributed by atoms with Crippen LogP contribution in [0.25, 0.3) is 0 Å². The van der Waals surface area contributed by atoms with Crippen LogP contribution in [-0.4, -0.2) is 4.98 Å².